The van der Waals surface area contributed by atoms with Gasteiger partial charge in [-0.3, -0.25) is 0 Å². The lowest BCUT2D eigenvalue weighted by Gasteiger charge is -1.94. The smallest absolute Gasteiger partial charge is 0.180 e. The van der Waals surface area contributed by atoms with Gasteiger partial charge in [-0.15, -0.1) is 11.3 Å². The van der Waals surface area contributed by atoms with Gasteiger partial charge in [-0.1, -0.05) is 6.08 Å². The lowest BCUT2D eigenvalue weighted by atomic mass is 10.2. The van der Waals surface area contributed by atoms with Gasteiger partial charge in [0.25, 0.3) is 0 Å². The van der Waals surface area contributed by atoms with Crippen LogP contribution in [-0.4, -0.2) is 18.2 Å². The number of aromatic nitrogens is 1. The Labute approximate surface area is 81.2 Å². The average Bonchev–Trinajstić information content (AvgIpc) is 2.54. The fourth-order valence-electron chi connectivity index (χ4n) is 0.843. The lowest BCUT2D eigenvalue weighted by molar-refractivity contribution is 0.909. The third kappa shape index (κ3) is 2.55. The second kappa shape index (κ2) is 4.61. The molecule has 0 atom stereocenters. The Hall–Kier alpha value is -1.36. The number of nitrogen functional groups attached to an aromatic ring is 1. The van der Waals surface area contributed by atoms with Gasteiger partial charge in [0.15, 0.2) is 5.13 Å². The van der Waals surface area contributed by atoms with Crippen LogP contribution in [0.3, 0.4) is 0 Å². The topological polar surface area (TPSA) is 63.3 Å². The maximum absolute atomic E-state index is 5.52. The molecule has 13 heavy (non-hydrogen) atoms. The van der Waals surface area contributed by atoms with Crippen molar-refractivity contribution in [1.29, 1.82) is 0 Å². The van der Waals surface area contributed by atoms with Gasteiger partial charge in [0.2, 0.25) is 0 Å². The minimum Gasteiger partial charge on any atom is -0.375 e. The standard InChI is InChI=1S/C8H12N4S/c1-3-6(4-11-10-2)7-5-13-8(9)12-7/h3-5,10H,1-2H3,(H2,9,12)/b6-3+,11-4-. The van der Waals surface area contributed by atoms with E-state index in [1.165, 1.54) is 11.3 Å². The molecule has 3 N–H and O–H groups in total. The first kappa shape index (κ1) is 9.73. The molecule has 0 radical (unpaired) electrons. The number of nitrogens with one attached hydrogen (secondary N) is 1. The van der Waals surface area contributed by atoms with Crippen LogP contribution in [0.5, 0.6) is 0 Å². The molecule has 1 aromatic rings. The molecule has 1 aromatic heterocycles. The Morgan fingerprint density at radius 3 is 3.00 bits per heavy atom. The highest BCUT2D eigenvalue weighted by molar-refractivity contribution is 7.13. The van der Waals surface area contributed by atoms with Crippen molar-refractivity contribution in [1.82, 2.24) is 10.4 Å². The zero-order valence-electron chi connectivity index (χ0n) is 7.61. The number of allylic oxidation sites excluding steroid dienone is 2. The summed E-state index contributed by atoms with van der Waals surface area (Å²) >= 11 is 1.43. The highest BCUT2D eigenvalue weighted by Gasteiger charge is 2.01. The van der Waals surface area contributed by atoms with Gasteiger partial charge in [-0.2, -0.15) is 5.10 Å². The van der Waals surface area contributed by atoms with Crippen molar-refractivity contribution in [2.45, 2.75) is 6.92 Å². The highest BCUT2D eigenvalue weighted by atomic mass is 32.1. The van der Waals surface area contributed by atoms with E-state index < -0.39 is 0 Å². The fourth-order valence-corrected chi connectivity index (χ4v) is 1.42. The van der Waals surface area contributed by atoms with Gasteiger partial charge >= 0.3 is 0 Å². The van der Waals surface area contributed by atoms with Crippen LogP contribution >= 0.6 is 11.3 Å². The van der Waals surface area contributed by atoms with E-state index in [-0.39, 0.29) is 0 Å². The van der Waals surface area contributed by atoms with Gasteiger partial charge < -0.3 is 11.2 Å². The molecule has 0 unspecified atom stereocenters. The van der Waals surface area contributed by atoms with Crippen LogP contribution in [0.25, 0.3) is 5.57 Å². The largest absolute Gasteiger partial charge is 0.375 e. The Morgan fingerprint density at radius 2 is 2.54 bits per heavy atom. The first-order valence-electron chi connectivity index (χ1n) is 3.85. The molecule has 0 amide bonds. The van der Waals surface area contributed by atoms with Gasteiger partial charge in [0.1, 0.15) is 0 Å². The number of nitrogens with two attached hydrogens (primary N) is 1. The predicted molar refractivity (Wildman–Crippen MR) is 57.7 cm³/mol. The van der Waals surface area contributed by atoms with E-state index in [1.54, 1.807) is 13.3 Å². The molecule has 0 spiro atoms. The molecule has 0 fully saturated rings. The third-order valence-electron chi connectivity index (χ3n) is 1.46. The van der Waals surface area contributed by atoms with Crippen molar-refractivity contribution < 1.29 is 0 Å². The number of hydrogen-bond donors (Lipinski definition) is 2. The molecule has 0 bridgehead atoms. The minimum atomic E-state index is 0.576. The maximum atomic E-state index is 5.52. The molecular weight excluding hydrogens is 184 g/mol. The van der Waals surface area contributed by atoms with Crippen molar-refractivity contribution >= 4 is 28.3 Å². The Kier molecular flexibility index (Phi) is 3.45. The van der Waals surface area contributed by atoms with Crippen LogP contribution in [0.15, 0.2) is 16.6 Å². The van der Waals surface area contributed by atoms with E-state index in [0.717, 1.165) is 11.3 Å². The van der Waals surface area contributed by atoms with E-state index in [2.05, 4.69) is 15.5 Å². The normalized spacial score (nSPS) is 12.3. The van der Waals surface area contributed by atoms with E-state index in [0.29, 0.717) is 5.13 Å². The monoisotopic (exact) mass is 196 g/mol. The van der Waals surface area contributed by atoms with Gasteiger partial charge in [-0.25, -0.2) is 4.98 Å². The number of nitrogens with zero attached hydrogens (tertiary/aromatic N) is 2. The predicted octanol–water partition coefficient (Wildman–Crippen LogP) is 1.33. The van der Waals surface area contributed by atoms with Crippen LogP contribution in [0.1, 0.15) is 12.6 Å². The number of hydrazone groups is 1. The molecule has 0 saturated heterocycles. The van der Waals surface area contributed by atoms with Crippen LogP contribution < -0.4 is 11.2 Å². The molecule has 0 aliphatic carbocycles. The summed E-state index contributed by atoms with van der Waals surface area (Å²) in [4.78, 5) is 4.14. The minimum absolute atomic E-state index is 0.576. The van der Waals surface area contributed by atoms with Crippen molar-refractivity contribution in [3.05, 3.63) is 17.2 Å². The van der Waals surface area contributed by atoms with Crippen LogP contribution in [0, 0.1) is 0 Å². The molecular formula is C8H12N4S. The molecule has 1 heterocycles. The second-order valence-corrected chi connectivity index (χ2v) is 3.19. The summed E-state index contributed by atoms with van der Waals surface area (Å²) in [6, 6.07) is 0. The fraction of sp³-hybridized carbons (Fsp3) is 0.250. The Morgan fingerprint density at radius 1 is 1.77 bits per heavy atom. The van der Waals surface area contributed by atoms with Crippen LogP contribution in [0.2, 0.25) is 0 Å². The van der Waals surface area contributed by atoms with E-state index >= 15 is 0 Å². The van der Waals surface area contributed by atoms with E-state index in [4.69, 9.17) is 5.73 Å². The quantitative estimate of drug-likeness (QED) is 0.566. The van der Waals surface area contributed by atoms with Gasteiger partial charge in [-0.05, 0) is 6.92 Å². The third-order valence-corrected chi connectivity index (χ3v) is 2.14. The number of rotatable bonds is 3. The van der Waals surface area contributed by atoms with Gasteiger partial charge in [0, 0.05) is 18.0 Å². The molecule has 1 rings (SSSR count). The summed E-state index contributed by atoms with van der Waals surface area (Å²) in [5.74, 6) is 0. The maximum Gasteiger partial charge on any atom is 0.180 e. The molecule has 0 aliphatic rings. The Bertz CT molecular complexity index is 327. The highest BCUT2D eigenvalue weighted by Crippen LogP contribution is 2.17. The van der Waals surface area contributed by atoms with Crippen LogP contribution in [-0.2, 0) is 0 Å². The Balaban J connectivity index is 2.86. The second-order valence-electron chi connectivity index (χ2n) is 2.30. The summed E-state index contributed by atoms with van der Waals surface area (Å²) in [6.45, 7) is 1.94. The number of thiazole rings is 1. The van der Waals surface area contributed by atoms with Crippen molar-refractivity contribution in [3.8, 4) is 0 Å². The lowest BCUT2D eigenvalue weighted by Crippen LogP contribution is -1.96. The summed E-state index contributed by atoms with van der Waals surface area (Å²) in [6.07, 6.45) is 3.66. The summed E-state index contributed by atoms with van der Waals surface area (Å²) < 4.78 is 0. The van der Waals surface area contributed by atoms with Crippen LogP contribution in [0.4, 0.5) is 5.13 Å². The number of hydrogen-bond acceptors (Lipinski definition) is 5. The molecule has 70 valence electrons. The average molecular weight is 196 g/mol. The molecule has 4 nitrogen and oxygen atoms in total. The molecule has 5 heteroatoms. The number of anilines is 1. The molecule has 0 saturated carbocycles. The molecule has 0 aliphatic heterocycles. The van der Waals surface area contributed by atoms with Crippen molar-refractivity contribution in [2.75, 3.05) is 12.8 Å². The van der Waals surface area contributed by atoms with Crippen molar-refractivity contribution in [3.63, 3.8) is 0 Å². The zero-order chi connectivity index (χ0) is 9.68. The zero-order valence-corrected chi connectivity index (χ0v) is 8.43. The van der Waals surface area contributed by atoms with E-state index in [9.17, 15) is 0 Å². The van der Waals surface area contributed by atoms with Crippen molar-refractivity contribution in [2.24, 2.45) is 5.10 Å². The summed E-state index contributed by atoms with van der Waals surface area (Å²) in [5.41, 5.74) is 10.0. The summed E-state index contributed by atoms with van der Waals surface area (Å²) in [5, 5.41) is 6.39. The first-order chi connectivity index (χ1) is 6.27. The van der Waals surface area contributed by atoms with E-state index in [1.807, 2.05) is 18.4 Å². The SMILES string of the molecule is C/C=C(\C=N/NC)c1csc(N)n1. The first-order valence-corrected chi connectivity index (χ1v) is 4.73. The summed E-state index contributed by atoms with van der Waals surface area (Å²) in [7, 11) is 1.75. The van der Waals surface area contributed by atoms with Gasteiger partial charge in [0.05, 0.1) is 11.9 Å². The molecule has 0 aromatic carbocycles.